The molecule has 0 spiro atoms. The van der Waals surface area contributed by atoms with Crippen molar-refractivity contribution < 1.29 is 0 Å². The molecular formula is C15H27N3. The van der Waals surface area contributed by atoms with Crippen molar-refractivity contribution in [1.29, 1.82) is 0 Å². The predicted molar refractivity (Wildman–Crippen MR) is 75.8 cm³/mol. The first-order valence-electron chi connectivity index (χ1n) is 7.30. The Kier molecular flexibility index (Phi) is 3.81. The van der Waals surface area contributed by atoms with E-state index in [1.165, 1.54) is 36.2 Å². The van der Waals surface area contributed by atoms with Crippen molar-refractivity contribution in [2.45, 2.75) is 66.5 Å². The zero-order chi connectivity index (χ0) is 13.3. The summed E-state index contributed by atoms with van der Waals surface area (Å²) in [7, 11) is 0. The fourth-order valence-corrected chi connectivity index (χ4v) is 2.95. The molecule has 1 aromatic rings. The molecule has 1 N–H and O–H groups in total. The molecule has 1 saturated carbocycles. The fourth-order valence-electron chi connectivity index (χ4n) is 2.95. The van der Waals surface area contributed by atoms with Crippen LogP contribution in [0.1, 0.15) is 63.0 Å². The van der Waals surface area contributed by atoms with Crippen LogP contribution in [0.25, 0.3) is 0 Å². The molecule has 1 aliphatic rings. The summed E-state index contributed by atoms with van der Waals surface area (Å²) in [6.07, 6.45) is 4.10. The topological polar surface area (TPSA) is 29.9 Å². The molecule has 0 amide bonds. The van der Waals surface area contributed by atoms with Gasteiger partial charge in [-0.3, -0.25) is 4.68 Å². The molecule has 0 radical (unpaired) electrons. The summed E-state index contributed by atoms with van der Waals surface area (Å²) in [5.74, 6) is 0. The van der Waals surface area contributed by atoms with Crippen LogP contribution in [0.4, 0.5) is 0 Å². The van der Waals surface area contributed by atoms with Crippen LogP contribution in [-0.2, 0) is 6.54 Å². The average Bonchev–Trinajstić information content (AvgIpc) is 3.08. The molecule has 1 unspecified atom stereocenters. The SMILES string of the molecule is CCn1nc(C)c(C(C)NCC2(CC)CC2)c1C. The molecule has 0 aliphatic heterocycles. The molecule has 102 valence electrons. The summed E-state index contributed by atoms with van der Waals surface area (Å²) < 4.78 is 2.11. The van der Waals surface area contributed by atoms with Gasteiger partial charge in [0.05, 0.1) is 5.69 Å². The minimum Gasteiger partial charge on any atom is -0.310 e. The van der Waals surface area contributed by atoms with Gasteiger partial charge in [0.2, 0.25) is 0 Å². The quantitative estimate of drug-likeness (QED) is 0.838. The molecule has 0 saturated heterocycles. The zero-order valence-electron chi connectivity index (χ0n) is 12.5. The Morgan fingerprint density at radius 1 is 1.33 bits per heavy atom. The monoisotopic (exact) mass is 249 g/mol. The van der Waals surface area contributed by atoms with Gasteiger partial charge in [-0.05, 0) is 52.4 Å². The van der Waals surface area contributed by atoms with Crippen molar-refractivity contribution >= 4 is 0 Å². The summed E-state index contributed by atoms with van der Waals surface area (Å²) in [4.78, 5) is 0. The number of aromatic nitrogens is 2. The van der Waals surface area contributed by atoms with Crippen LogP contribution < -0.4 is 5.32 Å². The lowest BCUT2D eigenvalue weighted by atomic mass is 10.0. The van der Waals surface area contributed by atoms with Crippen LogP contribution >= 0.6 is 0 Å². The van der Waals surface area contributed by atoms with Crippen LogP contribution in [-0.4, -0.2) is 16.3 Å². The van der Waals surface area contributed by atoms with E-state index >= 15 is 0 Å². The van der Waals surface area contributed by atoms with E-state index in [2.05, 4.69) is 49.7 Å². The van der Waals surface area contributed by atoms with Crippen LogP contribution in [0.2, 0.25) is 0 Å². The molecule has 18 heavy (non-hydrogen) atoms. The smallest absolute Gasteiger partial charge is 0.0644 e. The molecule has 3 heteroatoms. The summed E-state index contributed by atoms with van der Waals surface area (Å²) >= 11 is 0. The van der Waals surface area contributed by atoms with Crippen molar-refractivity contribution in [2.75, 3.05) is 6.54 Å². The lowest BCUT2D eigenvalue weighted by Gasteiger charge is -2.19. The van der Waals surface area contributed by atoms with Gasteiger partial charge < -0.3 is 5.32 Å². The second kappa shape index (κ2) is 5.04. The largest absolute Gasteiger partial charge is 0.310 e. The maximum atomic E-state index is 4.61. The number of nitrogens with one attached hydrogen (secondary N) is 1. The second-order valence-corrected chi connectivity index (χ2v) is 5.86. The summed E-state index contributed by atoms with van der Waals surface area (Å²) in [6.45, 7) is 13.1. The van der Waals surface area contributed by atoms with E-state index in [1.807, 2.05) is 0 Å². The van der Waals surface area contributed by atoms with Gasteiger partial charge in [0.1, 0.15) is 0 Å². The van der Waals surface area contributed by atoms with Gasteiger partial charge in [-0.1, -0.05) is 6.92 Å². The average molecular weight is 249 g/mol. The van der Waals surface area contributed by atoms with Crippen molar-refractivity contribution in [1.82, 2.24) is 15.1 Å². The minimum absolute atomic E-state index is 0.411. The molecule has 1 fully saturated rings. The highest BCUT2D eigenvalue weighted by atomic mass is 15.3. The van der Waals surface area contributed by atoms with Gasteiger partial charge in [0.25, 0.3) is 0 Å². The molecule has 1 aromatic heterocycles. The van der Waals surface area contributed by atoms with Gasteiger partial charge in [0, 0.05) is 30.4 Å². The summed E-state index contributed by atoms with van der Waals surface area (Å²) in [5, 5.41) is 8.32. The van der Waals surface area contributed by atoms with E-state index in [1.54, 1.807) is 0 Å². The number of aryl methyl sites for hydroxylation is 2. The lowest BCUT2D eigenvalue weighted by molar-refractivity contribution is 0.414. The number of hydrogen-bond donors (Lipinski definition) is 1. The maximum Gasteiger partial charge on any atom is 0.0644 e. The van der Waals surface area contributed by atoms with Gasteiger partial charge in [-0.15, -0.1) is 0 Å². The summed E-state index contributed by atoms with van der Waals surface area (Å²) in [5.41, 5.74) is 4.49. The Morgan fingerprint density at radius 3 is 2.44 bits per heavy atom. The van der Waals surface area contributed by atoms with E-state index in [0.29, 0.717) is 11.5 Å². The van der Waals surface area contributed by atoms with E-state index < -0.39 is 0 Å². The molecule has 3 nitrogen and oxygen atoms in total. The van der Waals surface area contributed by atoms with Crippen molar-refractivity contribution in [3.63, 3.8) is 0 Å². The van der Waals surface area contributed by atoms with Gasteiger partial charge >= 0.3 is 0 Å². The maximum absolute atomic E-state index is 4.61. The first kappa shape index (κ1) is 13.6. The number of nitrogens with zero attached hydrogens (tertiary/aromatic N) is 2. The van der Waals surface area contributed by atoms with Gasteiger partial charge in [-0.25, -0.2) is 0 Å². The third kappa shape index (κ3) is 2.46. The molecule has 1 heterocycles. The molecule has 2 rings (SSSR count). The zero-order valence-corrected chi connectivity index (χ0v) is 12.5. The predicted octanol–water partition coefficient (Wildman–Crippen LogP) is 3.36. The van der Waals surface area contributed by atoms with Crippen LogP contribution in [0.3, 0.4) is 0 Å². The van der Waals surface area contributed by atoms with Crippen LogP contribution in [0, 0.1) is 19.3 Å². The van der Waals surface area contributed by atoms with E-state index in [4.69, 9.17) is 0 Å². The second-order valence-electron chi connectivity index (χ2n) is 5.86. The Hall–Kier alpha value is -0.830. The molecular weight excluding hydrogens is 222 g/mol. The Bertz CT molecular complexity index is 416. The van der Waals surface area contributed by atoms with E-state index in [-0.39, 0.29) is 0 Å². The van der Waals surface area contributed by atoms with Gasteiger partial charge in [-0.2, -0.15) is 5.10 Å². The Labute approximate surface area is 111 Å². The Morgan fingerprint density at radius 2 is 2.00 bits per heavy atom. The molecule has 0 aromatic carbocycles. The summed E-state index contributed by atoms with van der Waals surface area (Å²) in [6, 6.07) is 0.411. The first-order chi connectivity index (χ1) is 8.53. The normalized spacial score (nSPS) is 18.9. The third-order valence-corrected chi connectivity index (χ3v) is 4.66. The van der Waals surface area contributed by atoms with Gasteiger partial charge in [0.15, 0.2) is 0 Å². The fraction of sp³-hybridized carbons (Fsp3) is 0.800. The Balaban J connectivity index is 2.04. The van der Waals surface area contributed by atoms with Crippen LogP contribution in [0.5, 0.6) is 0 Å². The third-order valence-electron chi connectivity index (χ3n) is 4.66. The number of rotatable bonds is 6. The number of hydrogen-bond acceptors (Lipinski definition) is 2. The lowest BCUT2D eigenvalue weighted by Crippen LogP contribution is -2.27. The van der Waals surface area contributed by atoms with E-state index in [0.717, 1.165) is 13.1 Å². The van der Waals surface area contributed by atoms with Crippen LogP contribution in [0.15, 0.2) is 0 Å². The van der Waals surface area contributed by atoms with E-state index in [9.17, 15) is 0 Å². The molecule has 0 bridgehead atoms. The highest BCUT2D eigenvalue weighted by Crippen LogP contribution is 2.48. The minimum atomic E-state index is 0.411. The van der Waals surface area contributed by atoms with Crippen molar-refractivity contribution in [3.05, 3.63) is 17.0 Å². The van der Waals surface area contributed by atoms with Crippen molar-refractivity contribution in [3.8, 4) is 0 Å². The molecule has 1 atom stereocenters. The standard InChI is InChI=1S/C15H27N3/c1-6-15(8-9-15)10-16-11(3)14-12(4)17-18(7-2)13(14)5/h11,16H,6-10H2,1-5H3. The highest BCUT2D eigenvalue weighted by Gasteiger charge is 2.40. The molecule has 1 aliphatic carbocycles. The van der Waals surface area contributed by atoms with Crippen molar-refractivity contribution in [2.24, 2.45) is 5.41 Å². The highest BCUT2D eigenvalue weighted by molar-refractivity contribution is 5.27. The first-order valence-corrected chi connectivity index (χ1v) is 7.30.